The zero-order valence-electron chi connectivity index (χ0n) is 15.1. The second-order valence-electron chi connectivity index (χ2n) is 6.14. The van der Waals surface area contributed by atoms with Crippen LogP contribution < -0.4 is 0 Å². The predicted molar refractivity (Wildman–Crippen MR) is 94.9 cm³/mol. The maximum Gasteiger partial charge on any atom is 0.329 e. The van der Waals surface area contributed by atoms with Gasteiger partial charge in [0.15, 0.2) is 6.04 Å². The van der Waals surface area contributed by atoms with Crippen molar-refractivity contribution in [2.45, 2.75) is 57.9 Å². The molecule has 0 aliphatic heterocycles. The molecule has 2 atom stereocenters. The van der Waals surface area contributed by atoms with Crippen LogP contribution in [0, 0.1) is 0 Å². The summed E-state index contributed by atoms with van der Waals surface area (Å²) in [4.78, 5) is 29.7. The number of aliphatic hydroxyl groups is 1. The zero-order valence-corrected chi connectivity index (χ0v) is 15.1. The van der Waals surface area contributed by atoms with Crippen LogP contribution in [0.15, 0.2) is 30.3 Å². The number of unbranched alkanes of at least 4 members (excludes halogenated alkanes) is 2. The van der Waals surface area contributed by atoms with Crippen LogP contribution in [0.25, 0.3) is 0 Å². The number of hydroxylamine groups is 2. The smallest absolute Gasteiger partial charge is 0.329 e. The summed E-state index contributed by atoms with van der Waals surface area (Å²) in [5.74, 6) is -1.61. The molecule has 0 aromatic heterocycles. The molecule has 0 bridgehead atoms. The van der Waals surface area contributed by atoms with E-state index in [1.165, 1.54) is 0 Å². The lowest BCUT2D eigenvalue weighted by Gasteiger charge is -2.28. The van der Waals surface area contributed by atoms with Crippen molar-refractivity contribution in [2.75, 3.05) is 13.2 Å². The van der Waals surface area contributed by atoms with Gasteiger partial charge in [-0.25, -0.2) is 9.86 Å². The Morgan fingerprint density at radius 1 is 1.20 bits per heavy atom. The number of carbonyl (C=O) groups is 2. The van der Waals surface area contributed by atoms with Gasteiger partial charge in [0.25, 0.3) is 0 Å². The van der Waals surface area contributed by atoms with E-state index in [0.29, 0.717) is 0 Å². The molecule has 25 heavy (non-hydrogen) atoms. The fourth-order valence-corrected chi connectivity index (χ4v) is 2.57. The quantitative estimate of drug-likeness (QED) is 0.446. The van der Waals surface area contributed by atoms with Crippen molar-refractivity contribution in [3.8, 4) is 0 Å². The second kappa shape index (κ2) is 11.6. The van der Waals surface area contributed by atoms with Gasteiger partial charge in [-0.15, -0.1) is 0 Å². The minimum atomic E-state index is -1.18. The Labute approximate surface area is 149 Å². The van der Waals surface area contributed by atoms with E-state index in [2.05, 4.69) is 6.92 Å². The molecule has 6 nitrogen and oxygen atoms in total. The van der Waals surface area contributed by atoms with Gasteiger partial charge < -0.3 is 10.2 Å². The standard InChI is InChI=1S/C19H29NO5/c1-3-4-8-13-25-20(17(11-12-21)19(23)24)18(22)14-15(2)16-9-6-5-7-10-16/h5-7,9-10,15,17,21H,3-4,8,11-14H2,1-2H3,(H,23,24). The number of aliphatic carboxylic acids is 1. The van der Waals surface area contributed by atoms with Crippen molar-refractivity contribution >= 4 is 11.9 Å². The van der Waals surface area contributed by atoms with E-state index in [1.807, 2.05) is 37.3 Å². The summed E-state index contributed by atoms with van der Waals surface area (Å²) in [7, 11) is 0. The van der Waals surface area contributed by atoms with Crippen molar-refractivity contribution in [1.82, 2.24) is 5.06 Å². The molecule has 0 aliphatic carbocycles. The fourth-order valence-electron chi connectivity index (χ4n) is 2.57. The van der Waals surface area contributed by atoms with Gasteiger partial charge in [0.1, 0.15) is 0 Å². The summed E-state index contributed by atoms with van der Waals surface area (Å²) in [6.45, 7) is 3.93. The highest BCUT2D eigenvalue weighted by molar-refractivity contribution is 5.83. The number of nitrogens with zero attached hydrogens (tertiary/aromatic N) is 1. The van der Waals surface area contributed by atoms with Gasteiger partial charge in [0, 0.05) is 19.4 Å². The number of benzene rings is 1. The number of carboxylic acid groups (broad SMARTS) is 1. The summed E-state index contributed by atoms with van der Waals surface area (Å²) in [6, 6.07) is 8.41. The molecule has 140 valence electrons. The molecule has 0 radical (unpaired) electrons. The van der Waals surface area contributed by atoms with E-state index in [9.17, 15) is 14.7 Å². The third-order valence-electron chi connectivity index (χ3n) is 4.04. The first-order chi connectivity index (χ1) is 12.0. The Bertz CT molecular complexity index is 520. The molecule has 1 rings (SSSR count). The molecule has 0 saturated heterocycles. The molecule has 0 heterocycles. The molecule has 1 amide bonds. The Morgan fingerprint density at radius 2 is 1.88 bits per heavy atom. The molecule has 0 fully saturated rings. The molecular weight excluding hydrogens is 322 g/mol. The molecule has 2 unspecified atom stereocenters. The first-order valence-corrected chi connectivity index (χ1v) is 8.84. The first-order valence-electron chi connectivity index (χ1n) is 8.84. The van der Waals surface area contributed by atoms with Gasteiger partial charge in [0.05, 0.1) is 6.61 Å². The summed E-state index contributed by atoms with van der Waals surface area (Å²) < 4.78 is 0. The van der Waals surface area contributed by atoms with E-state index in [-0.39, 0.29) is 37.9 Å². The van der Waals surface area contributed by atoms with Crippen molar-refractivity contribution in [1.29, 1.82) is 0 Å². The van der Waals surface area contributed by atoms with Crippen LogP contribution in [0.3, 0.4) is 0 Å². The largest absolute Gasteiger partial charge is 0.480 e. The number of carbonyl (C=O) groups excluding carboxylic acids is 1. The number of amides is 1. The van der Waals surface area contributed by atoms with Crippen LogP contribution in [0.5, 0.6) is 0 Å². The Balaban J connectivity index is 2.80. The van der Waals surface area contributed by atoms with Gasteiger partial charge >= 0.3 is 5.97 Å². The Morgan fingerprint density at radius 3 is 2.44 bits per heavy atom. The van der Waals surface area contributed by atoms with E-state index >= 15 is 0 Å². The number of carboxylic acids is 1. The number of rotatable bonds is 12. The van der Waals surface area contributed by atoms with Crippen LogP contribution in [0.1, 0.15) is 57.4 Å². The molecule has 2 N–H and O–H groups in total. The average Bonchev–Trinajstić information content (AvgIpc) is 2.60. The Kier molecular flexibility index (Phi) is 9.80. The third-order valence-corrected chi connectivity index (χ3v) is 4.04. The summed E-state index contributed by atoms with van der Waals surface area (Å²) in [5.41, 5.74) is 1.01. The predicted octanol–water partition coefficient (Wildman–Crippen LogP) is 2.97. The minimum Gasteiger partial charge on any atom is -0.480 e. The SMILES string of the molecule is CCCCCON(C(=O)CC(C)c1ccccc1)C(CCO)C(=O)O. The van der Waals surface area contributed by atoms with E-state index < -0.39 is 12.0 Å². The van der Waals surface area contributed by atoms with Crippen LogP contribution in [-0.2, 0) is 14.4 Å². The Hall–Kier alpha value is -1.92. The fraction of sp³-hybridized carbons (Fsp3) is 0.579. The van der Waals surface area contributed by atoms with Crippen molar-refractivity contribution in [2.24, 2.45) is 0 Å². The number of hydrogen-bond acceptors (Lipinski definition) is 4. The summed E-state index contributed by atoms with van der Waals surface area (Å²) in [5, 5.41) is 19.5. The molecular formula is C19H29NO5. The highest BCUT2D eigenvalue weighted by Gasteiger charge is 2.31. The number of aliphatic hydroxyl groups excluding tert-OH is 1. The lowest BCUT2D eigenvalue weighted by atomic mass is 9.97. The van der Waals surface area contributed by atoms with Gasteiger partial charge in [-0.05, 0) is 17.9 Å². The van der Waals surface area contributed by atoms with Gasteiger partial charge in [-0.1, -0.05) is 57.0 Å². The molecule has 6 heteroatoms. The zero-order chi connectivity index (χ0) is 18.7. The van der Waals surface area contributed by atoms with Crippen molar-refractivity contribution in [3.63, 3.8) is 0 Å². The van der Waals surface area contributed by atoms with Gasteiger partial charge in [-0.2, -0.15) is 0 Å². The molecule has 0 saturated carbocycles. The van der Waals surface area contributed by atoms with E-state index in [4.69, 9.17) is 9.94 Å². The highest BCUT2D eigenvalue weighted by atomic mass is 16.7. The topological polar surface area (TPSA) is 87.1 Å². The highest BCUT2D eigenvalue weighted by Crippen LogP contribution is 2.21. The maximum absolute atomic E-state index is 12.7. The lowest BCUT2D eigenvalue weighted by Crippen LogP contribution is -2.46. The van der Waals surface area contributed by atoms with Gasteiger partial charge in [-0.3, -0.25) is 9.63 Å². The van der Waals surface area contributed by atoms with Crippen molar-refractivity contribution < 1.29 is 24.6 Å². The van der Waals surface area contributed by atoms with E-state index in [1.54, 1.807) is 0 Å². The monoisotopic (exact) mass is 351 g/mol. The normalized spacial score (nSPS) is 13.2. The molecule has 0 aliphatic rings. The third kappa shape index (κ3) is 7.23. The summed E-state index contributed by atoms with van der Waals surface area (Å²) in [6.07, 6.45) is 2.78. The molecule has 1 aromatic rings. The summed E-state index contributed by atoms with van der Waals surface area (Å²) >= 11 is 0. The van der Waals surface area contributed by atoms with Crippen LogP contribution >= 0.6 is 0 Å². The minimum absolute atomic E-state index is 0.0565. The maximum atomic E-state index is 12.7. The lowest BCUT2D eigenvalue weighted by molar-refractivity contribution is -0.209. The van der Waals surface area contributed by atoms with Crippen molar-refractivity contribution in [3.05, 3.63) is 35.9 Å². The molecule has 1 aromatic carbocycles. The van der Waals surface area contributed by atoms with Gasteiger partial charge in [0.2, 0.25) is 5.91 Å². The number of hydrogen-bond donors (Lipinski definition) is 2. The first kappa shape index (κ1) is 21.1. The average molecular weight is 351 g/mol. The molecule has 0 spiro atoms. The van der Waals surface area contributed by atoms with Crippen LogP contribution in [0.4, 0.5) is 0 Å². The van der Waals surface area contributed by atoms with Crippen LogP contribution in [-0.4, -0.2) is 46.4 Å². The van der Waals surface area contributed by atoms with E-state index in [0.717, 1.165) is 29.9 Å². The van der Waals surface area contributed by atoms with Crippen LogP contribution in [0.2, 0.25) is 0 Å². The second-order valence-corrected chi connectivity index (χ2v) is 6.14.